The molecule has 0 radical (unpaired) electrons. The van der Waals surface area contributed by atoms with E-state index in [1.54, 1.807) is 31.4 Å². The number of carbonyl (C=O) groups excluding carboxylic acids is 1. The van der Waals surface area contributed by atoms with Gasteiger partial charge >= 0.3 is 5.97 Å². The Morgan fingerprint density at radius 2 is 1.92 bits per heavy atom. The third-order valence-electron chi connectivity index (χ3n) is 3.21. The minimum absolute atomic E-state index is 0.124. The number of carbonyl (C=O) groups is 1. The van der Waals surface area contributed by atoms with Gasteiger partial charge in [0.25, 0.3) is 0 Å². The normalized spacial score (nSPS) is 12.5. The molecule has 0 unspecified atom stereocenters. The van der Waals surface area contributed by atoms with Crippen LogP contribution < -0.4 is 5.73 Å². The Bertz CT molecular complexity index is 726. The SMILES string of the molecule is CCOC(=O)/C(=C/c1ccco1)c1ccc(C(N)=NC(C)C)cc1. The van der Waals surface area contributed by atoms with Crippen LogP contribution in [-0.2, 0) is 9.53 Å². The molecule has 1 heterocycles. The van der Waals surface area contributed by atoms with E-state index in [2.05, 4.69) is 4.99 Å². The van der Waals surface area contributed by atoms with E-state index in [9.17, 15) is 4.79 Å². The summed E-state index contributed by atoms with van der Waals surface area (Å²) in [5.74, 6) is 0.665. The lowest BCUT2D eigenvalue weighted by Crippen LogP contribution is -2.15. The second kappa shape index (κ2) is 8.15. The summed E-state index contributed by atoms with van der Waals surface area (Å²) in [5, 5.41) is 0. The molecule has 0 spiro atoms. The van der Waals surface area contributed by atoms with Gasteiger partial charge in [0.2, 0.25) is 0 Å². The number of amidine groups is 1. The lowest BCUT2D eigenvalue weighted by atomic mass is 10.0. The molecule has 1 aromatic heterocycles. The maximum absolute atomic E-state index is 12.3. The summed E-state index contributed by atoms with van der Waals surface area (Å²) in [6.45, 7) is 6.01. The van der Waals surface area contributed by atoms with Crippen LogP contribution in [0.15, 0.2) is 52.1 Å². The van der Waals surface area contributed by atoms with Gasteiger partial charge in [-0.05, 0) is 44.5 Å². The Morgan fingerprint density at radius 1 is 1.25 bits per heavy atom. The molecule has 126 valence electrons. The summed E-state index contributed by atoms with van der Waals surface area (Å²) >= 11 is 0. The van der Waals surface area contributed by atoms with Crippen molar-refractivity contribution >= 4 is 23.5 Å². The fourth-order valence-corrected chi connectivity index (χ4v) is 2.16. The zero-order valence-electron chi connectivity index (χ0n) is 14.2. The molecule has 2 N–H and O–H groups in total. The highest BCUT2D eigenvalue weighted by molar-refractivity contribution is 6.21. The van der Waals surface area contributed by atoms with Crippen molar-refractivity contribution in [3.63, 3.8) is 0 Å². The van der Waals surface area contributed by atoms with E-state index in [-0.39, 0.29) is 6.04 Å². The lowest BCUT2D eigenvalue weighted by Gasteiger charge is -2.09. The van der Waals surface area contributed by atoms with E-state index in [1.165, 1.54) is 0 Å². The van der Waals surface area contributed by atoms with Crippen LogP contribution in [-0.4, -0.2) is 24.5 Å². The van der Waals surface area contributed by atoms with Crippen molar-refractivity contribution in [1.29, 1.82) is 0 Å². The van der Waals surface area contributed by atoms with Crippen LogP contribution in [0.3, 0.4) is 0 Å². The lowest BCUT2D eigenvalue weighted by molar-refractivity contribution is -0.136. The topological polar surface area (TPSA) is 77.8 Å². The molecule has 0 saturated heterocycles. The van der Waals surface area contributed by atoms with E-state index in [4.69, 9.17) is 14.9 Å². The summed E-state index contributed by atoms with van der Waals surface area (Å²) < 4.78 is 10.4. The minimum atomic E-state index is -0.398. The molecule has 2 rings (SSSR count). The van der Waals surface area contributed by atoms with Gasteiger partial charge in [-0.25, -0.2) is 4.79 Å². The van der Waals surface area contributed by atoms with Crippen molar-refractivity contribution in [3.8, 4) is 0 Å². The predicted molar refractivity (Wildman–Crippen MR) is 95.5 cm³/mol. The molecule has 0 aliphatic carbocycles. The highest BCUT2D eigenvalue weighted by atomic mass is 16.5. The van der Waals surface area contributed by atoms with Gasteiger partial charge in [0.15, 0.2) is 0 Å². The average Bonchev–Trinajstić information content (AvgIpc) is 3.05. The molecule has 24 heavy (non-hydrogen) atoms. The Labute approximate surface area is 141 Å². The Kier molecular flexibility index (Phi) is 5.95. The number of hydrogen-bond acceptors (Lipinski definition) is 4. The van der Waals surface area contributed by atoms with Gasteiger partial charge in [0.1, 0.15) is 11.6 Å². The number of hydrogen-bond donors (Lipinski definition) is 1. The molecular weight excluding hydrogens is 304 g/mol. The summed E-state index contributed by atoms with van der Waals surface area (Å²) in [6, 6.07) is 11.0. The zero-order valence-corrected chi connectivity index (χ0v) is 14.2. The van der Waals surface area contributed by atoms with Crippen LogP contribution in [0.4, 0.5) is 0 Å². The van der Waals surface area contributed by atoms with Crippen LogP contribution in [0, 0.1) is 0 Å². The predicted octanol–water partition coefficient (Wildman–Crippen LogP) is 3.50. The van der Waals surface area contributed by atoms with Crippen molar-refractivity contribution in [2.75, 3.05) is 6.61 Å². The number of rotatable bonds is 6. The number of furan rings is 1. The number of benzene rings is 1. The number of esters is 1. The second-order valence-electron chi connectivity index (χ2n) is 5.48. The number of nitrogens with two attached hydrogens (primary N) is 1. The van der Waals surface area contributed by atoms with E-state index in [1.807, 2.05) is 38.1 Å². The summed E-state index contributed by atoms with van der Waals surface area (Å²) in [6.07, 6.45) is 3.22. The van der Waals surface area contributed by atoms with E-state index >= 15 is 0 Å². The van der Waals surface area contributed by atoms with Crippen molar-refractivity contribution in [3.05, 3.63) is 59.5 Å². The van der Waals surface area contributed by atoms with Gasteiger partial charge in [0, 0.05) is 11.6 Å². The van der Waals surface area contributed by atoms with E-state index in [0.717, 1.165) is 11.1 Å². The molecule has 0 bridgehead atoms. The van der Waals surface area contributed by atoms with E-state index in [0.29, 0.717) is 23.8 Å². The first-order valence-electron chi connectivity index (χ1n) is 7.87. The molecule has 0 atom stereocenters. The highest BCUT2D eigenvalue weighted by Crippen LogP contribution is 2.21. The first-order valence-corrected chi connectivity index (χ1v) is 7.87. The largest absolute Gasteiger partial charge is 0.465 e. The quantitative estimate of drug-likeness (QED) is 0.381. The Balaban J connectivity index is 2.35. The monoisotopic (exact) mass is 326 g/mol. The molecule has 0 saturated carbocycles. The van der Waals surface area contributed by atoms with Gasteiger partial charge in [-0.15, -0.1) is 0 Å². The molecular formula is C19H22N2O3. The Hall–Kier alpha value is -2.82. The van der Waals surface area contributed by atoms with Crippen molar-refractivity contribution < 1.29 is 13.9 Å². The molecule has 5 heteroatoms. The maximum Gasteiger partial charge on any atom is 0.338 e. The third-order valence-corrected chi connectivity index (χ3v) is 3.21. The van der Waals surface area contributed by atoms with Gasteiger partial charge in [-0.2, -0.15) is 0 Å². The molecule has 0 aliphatic heterocycles. The summed E-state index contributed by atoms with van der Waals surface area (Å²) in [5.41, 5.74) is 7.94. The van der Waals surface area contributed by atoms with Gasteiger partial charge in [0.05, 0.1) is 18.4 Å². The molecule has 0 amide bonds. The maximum atomic E-state index is 12.3. The highest BCUT2D eigenvalue weighted by Gasteiger charge is 2.14. The zero-order chi connectivity index (χ0) is 17.5. The van der Waals surface area contributed by atoms with E-state index < -0.39 is 5.97 Å². The van der Waals surface area contributed by atoms with Crippen LogP contribution >= 0.6 is 0 Å². The minimum Gasteiger partial charge on any atom is -0.465 e. The average molecular weight is 326 g/mol. The van der Waals surface area contributed by atoms with Crippen LogP contribution in [0.1, 0.15) is 37.7 Å². The van der Waals surface area contributed by atoms with Crippen molar-refractivity contribution in [2.45, 2.75) is 26.8 Å². The Morgan fingerprint density at radius 3 is 2.46 bits per heavy atom. The fraction of sp³-hybridized carbons (Fsp3) is 0.263. The van der Waals surface area contributed by atoms with Crippen LogP contribution in [0.5, 0.6) is 0 Å². The number of nitrogens with zero attached hydrogens (tertiary/aromatic N) is 1. The third kappa shape index (κ3) is 4.59. The van der Waals surface area contributed by atoms with Crippen LogP contribution in [0.2, 0.25) is 0 Å². The van der Waals surface area contributed by atoms with Crippen LogP contribution in [0.25, 0.3) is 11.6 Å². The summed E-state index contributed by atoms with van der Waals surface area (Å²) in [7, 11) is 0. The van der Waals surface area contributed by atoms with Gasteiger partial charge in [-0.1, -0.05) is 24.3 Å². The van der Waals surface area contributed by atoms with Gasteiger partial charge < -0.3 is 14.9 Å². The van der Waals surface area contributed by atoms with Gasteiger partial charge in [-0.3, -0.25) is 4.99 Å². The number of ether oxygens (including phenoxy) is 1. The second-order valence-corrected chi connectivity index (χ2v) is 5.48. The van der Waals surface area contributed by atoms with Crippen molar-refractivity contribution in [2.24, 2.45) is 10.7 Å². The molecule has 0 aliphatic rings. The molecule has 2 aromatic rings. The standard InChI is InChI=1S/C19H22N2O3/c1-4-23-19(22)17(12-16-6-5-11-24-16)14-7-9-15(10-8-14)18(20)21-13(2)3/h5-13H,4H2,1-3H3,(H2,20,21)/b17-12+. The summed E-state index contributed by atoms with van der Waals surface area (Å²) in [4.78, 5) is 16.6. The molecule has 5 nitrogen and oxygen atoms in total. The fourth-order valence-electron chi connectivity index (χ4n) is 2.16. The smallest absolute Gasteiger partial charge is 0.338 e. The number of aliphatic imine (C=N–C) groups is 1. The molecule has 0 fully saturated rings. The first kappa shape index (κ1) is 17.5. The first-order chi connectivity index (χ1) is 11.5. The van der Waals surface area contributed by atoms with Crippen molar-refractivity contribution in [1.82, 2.24) is 0 Å². The molecule has 1 aromatic carbocycles.